The maximum atomic E-state index is 12.7. The standard InChI is InChI=1S/C18H24ClN5O3S/c1-23-13-14(12-22-23)4-2-9-21-18(25)15-6-10-24(11-7-15)28(26,27)16-5-3-8-20-17(16)19/h3,5,8,12-13,15H,2,4,6-7,9-11H2,1H3,(H,21,25). The summed E-state index contributed by atoms with van der Waals surface area (Å²) in [5, 5.41) is 7.05. The van der Waals surface area contributed by atoms with Gasteiger partial charge in [-0.3, -0.25) is 9.48 Å². The molecule has 1 fully saturated rings. The van der Waals surface area contributed by atoms with Gasteiger partial charge in [-0.05, 0) is 43.4 Å². The van der Waals surface area contributed by atoms with Crippen molar-refractivity contribution in [1.82, 2.24) is 24.4 Å². The predicted octanol–water partition coefficient (Wildman–Crippen LogP) is 1.62. The summed E-state index contributed by atoms with van der Waals surface area (Å²) in [6, 6.07) is 3.00. The van der Waals surface area contributed by atoms with E-state index in [1.807, 2.05) is 19.4 Å². The summed E-state index contributed by atoms with van der Waals surface area (Å²) in [7, 11) is -1.82. The Hall–Kier alpha value is -1.97. The first-order valence-electron chi connectivity index (χ1n) is 9.24. The second-order valence-corrected chi connectivity index (χ2v) is 9.15. The van der Waals surface area contributed by atoms with Gasteiger partial charge >= 0.3 is 0 Å². The highest BCUT2D eigenvalue weighted by Gasteiger charge is 2.33. The molecule has 2 aromatic rings. The van der Waals surface area contributed by atoms with Gasteiger partial charge in [0.1, 0.15) is 10.0 Å². The fourth-order valence-corrected chi connectivity index (χ4v) is 5.21. The highest BCUT2D eigenvalue weighted by Crippen LogP contribution is 2.27. The van der Waals surface area contributed by atoms with Crippen LogP contribution in [0.5, 0.6) is 0 Å². The number of sulfonamides is 1. The number of piperidine rings is 1. The smallest absolute Gasteiger partial charge is 0.246 e. The van der Waals surface area contributed by atoms with E-state index in [1.165, 1.54) is 16.6 Å². The van der Waals surface area contributed by atoms with Gasteiger partial charge in [0.05, 0.1) is 6.20 Å². The second kappa shape index (κ2) is 9.02. The molecule has 0 unspecified atom stereocenters. The minimum absolute atomic E-state index is 0.00923. The van der Waals surface area contributed by atoms with E-state index < -0.39 is 10.0 Å². The van der Waals surface area contributed by atoms with Gasteiger partial charge in [-0.15, -0.1) is 0 Å². The van der Waals surface area contributed by atoms with Crippen LogP contribution in [0.3, 0.4) is 0 Å². The van der Waals surface area contributed by atoms with Crippen molar-refractivity contribution in [3.63, 3.8) is 0 Å². The summed E-state index contributed by atoms with van der Waals surface area (Å²) in [6.07, 6.45) is 7.92. The molecule has 0 aromatic carbocycles. The number of carbonyl (C=O) groups excluding carboxylic acids is 1. The van der Waals surface area contributed by atoms with Crippen molar-refractivity contribution in [3.8, 4) is 0 Å². The Morgan fingerprint density at radius 2 is 2.11 bits per heavy atom. The Kier molecular flexibility index (Phi) is 6.69. The third-order valence-corrected chi connectivity index (χ3v) is 7.21. The molecule has 10 heteroatoms. The Morgan fingerprint density at radius 1 is 1.36 bits per heavy atom. The van der Waals surface area contributed by atoms with Gasteiger partial charge in [-0.2, -0.15) is 9.40 Å². The Labute approximate surface area is 169 Å². The van der Waals surface area contributed by atoms with Crippen LogP contribution in [0.25, 0.3) is 0 Å². The summed E-state index contributed by atoms with van der Waals surface area (Å²) in [6.45, 7) is 1.18. The van der Waals surface area contributed by atoms with Crippen molar-refractivity contribution in [3.05, 3.63) is 41.4 Å². The molecule has 1 aliphatic heterocycles. The first-order chi connectivity index (χ1) is 13.4. The molecule has 1 amide bonds. The third kappa shape index (κ3) is 4.89. The largest absolute Gasteiger partial charge is 0.356 e. The minimum atomic E-state index is -3.69. The molecule has 3 rings (SSSR count). The number of rotatable bonds is 7. The van der Waals surface area contributed by atoms with E-state index in [1.54, 1.807) is 10.7 Å². The normalized spacial score (nSPS) is 16.2. The van der Waals surface area contributed by atoms with E-state index in [0.717, 1.165) is 18.4 Å². The zero-order valence-electron chi connectivity index (χ0n) is 15.7. The molecule has 28 heavy (non-hydrogen) atoms. The molecule has 0 aliphatic carbocycles. The molecule has 1 aliphatic rings. The average molecular weight is 426 g/mol. The van der Waals surface area contributed by atoms with Gasteiger partial charge < -0.3 is 5.32 Å². The molecule has 152 valence electrons. The van der Waals surface area contributed by atoms with Crippen molar-refractivity contribution in [2.75, 3.05) is 19.6 Å². The zero-order chi connectivity index (χ0) is 20.1. The van der Waals surface area contributed by atoms with Crippen LogP contribution in [0.1, 0.15) is 24.8 Å². The molecule has 3 heterocycles. The van der Waals surface area contributed by atoms with Crippen molar-refractivity contribution >= 4 is 27.5 Å². The van der Waals surface area contributed by atoms with E-state index in [4.69, 9.17) is 11.6 Å². The molecule has 8 nitrogen and oxygen atoms in total. The molecular weight excluding hydrogens is 402 g/mol. The lowest BCUT2D eigenvalue weighted by atomic mass is 9.97. The summed E-state index contributed by atoms with van der Waals surface area (Å²) >= 11 is 5.94. The van der Waals surface area contributed by atoms with Gasteiger partial charge in [0.2, 0.25) is 15.9 Å². The van der Waals surface area contributed by atoms with E-state index in [2.05, 4.69) is 15.4 Å². The van der Waals surface area contributed by atoms with E-state index >= 15 is 0 Å². The topological polar surface area (TPSA) is 97.2 Å². The van der Waals surface area contributed by atoms with Crippen LogP contribution in [0.15, 0.2) is 35.6 Å². The highest BCUT2D eigenvalue weighted by atomic mass is 35.5. The number of hydrogen-bond donors (Lipinski definition) is 1. The molecule has 2 aromatic heterocycles. The van der Waals surface area contributed by atoms with Gasteiger partial charge in [-0.1, -0.05) is 11.6 Å². The van der Waals surface area contributed by atoms with Crippen molar-refractivity contribution in [1.29, 1.82) is 0 Å². The summed E-state index contributed by atoms with van der Waals surface area (Å²) in [4.78, 5) is 16.2. The predicted molar refractivity (Wildman–Crippen MR) is 105 cm³/mol. The Morgan fingerprint density at radius 3 is 2.75 bits per heavy atom. The second-order valence-electron chi connectivity index (χ2n) is 6.89. The lowest BCUT2D eigenvalue weighted by Gasteiger charge is -2.30. The first-order valence-corrected chi connectivity index (χ1v) is 11.1. The number of amides is 1. The zero-order valence-corrected chi connectivity index (χ0v) is 17.3. The number of pyridine rings is 1. The number of nitrogens with zero attached hydrogens (tertiary/aromatic N) is 4. The van der Waals surface area contributed by atoms with Crippen LogP contribution in [0, 0.1) is 5.92 Å². The monoisotopic (exact) mass is 425 g/mol. The molecule has 0 radical (unpaired) electrons. The van der Waals surface area contributed by atoms with Gasteiger partial charge in [0, 0.05) is 45.0 Å². The molecular formula is C18H24ClN5O3S. The maximum Gasteiger partial charge on any atom is 0.246 e. The van der Waals surface area contributed by atoms with Crippen LogP contribution >= 0.6 is 11.6 Å². The average Bonchev–Trinajstić information content (AvgIpc) is 3.10. The van der Waals surface area contributed by atoms with Crippen LogP contribution in [0.4, 0.5) is 0 Å². The number of halogens is 1. The SMILES string of the molecule is Cn1cc(CCCNC(=O)C2CCN(S(=O)(=O)c3cccnc3Cl)CC2)cn1. The van der Waals surface area contributed by atoms with Gasteiger partial charge in [-0.25, -0.2) is 13.4 Å². The van der Waals surface area contributed by atoms with Crippen LogP contribution in [-0.4, -0.2) is 53.0 Å². The molecule has 0 saturated carbocycles. The Bertz CT molecular complexity index is 923. The molecule has 1 saturated heterocycles. The van der Waals surface area contributed by atoms with Gasteiger partial charge in [0.15, 0.2) is 0 Å². The first kappa shape index (κ1) is 20.8. The van der Waals surface area contributed by atoms with E-state index in [-0.39, 0.29) is 21.9 Å². The van der Waals surface area contributed by atoms with E-state index in [9.17, 15) is 13.2 Å². The molecule has 0 atom stereocenters. The fraction of sp³-hybridized carbons (Fsp3) is 0.500. The summed E-state index contributed by atoms with van der Waals surface area (Å²) in [5.41, 5.74) is 1.14. The maximum absolute atomic E-state index is 12.7. The number of aromatic nitrogens is 3. The third-order valence-electron chi connectivity index (χ3n) is 4.87. The number of hydrogen-bond acceptors (Lipinski definition) is 5. The van der Waals surface area contributed by atoms with Crippen LogP contribution in [0.2, 0.25) is 5.15 Å². The molecule has 0 spiro atoms. The molecule has 0 bridgehead atoms. The minimum Gasteiger partial charge on any atom is -0.356 e. The van der Waals surface area contributed by atoms with Crippen molar-refractivity contribution < 1.29 is 13.2 Å². The number of carbonyl (C=O) groups is 1. The van der Waals surface area contributed by atoms with Crippen LogP contribution < -0.4 is 5.32 Å². The van der Waals surface area contributed by atoms with Gasteiger partial charge in [0.25, 0.3) is 0 Å². The number of aryl methyl sites for hydroxylation is 2. The lowest BCUT2D eigenvalue weighted by molar-refractivity contribution is -0.126. The summed E-state index contributed by atoms with van der Waals surface area (Å²) in [5.74, 6) is -0.183. The fourth-order valence-electron chi connectivity index (χ4n) is 3.31. The van der Waals surface area contributed by atoms with Crippen LogP contribution in [-0.2, 0) is 28.3 Å². The van der Waals surface area contributed by atoms with Crippen molar-refractivity contribution in [2.45, 2.75) is 30.6 Å². The van der Waals surface area contributed by atoms with Crippen molar-refractivity contribution in [2.24, 2.45) is 13.0 Å². The summed E-state index contributed by atoms with van der Waals surface area (Å²) < 4.78 is 28.6. The van der Waals surface area contributed by atoms with E-state index in [0.29, 0.717) is 32.5 Å². The quantitative estimate of drug-likeness (QED) is 0.537. The molecule has 1 N–H and O–H groups in total. The number of nitrogens with one attached hydrogen (secondary N) is 1. The lowest BCUT2D eigenvalue weighted by Crippen LogP contribution is -2.43. The Balaban J connectivity index is 1.45. The highest BCUT2D eigenvalue weighted by molar-refractivity contribution is 7.89.